The summed E-state index contributed by atoms with van der Waals surface area (Å²) in [5.41, 5.74) is 2.07. The molecule has 0 saturated carbocycles. The van der Waals surface area contributed by atoms with E-state index in [1.165, 1.54) is 5.56 Å². The van der Waals surface area contributed by atoms with E-state index in [0.717, 1.165) is 43.4 Å². The number of benzene rings is 1. The molecule has 0 saturated heterocycles. The predicted octanol–water partition coefficient (Wildman–Crippen LogP) is 5.31. The van der Waals surface area contributed by atoms with Crippen LogP contribution in [-0.4, -0.2) is 17.1 Å². The number of aromatic nitrogens is 2. The van der Waals surface area contributed by atoms with E-state index in [9.17, 15) is 0 Å². The van der Waals surface area contributed by atoms with Gasteiger partial charge in [0, 0.05) is 12.0 Å². The minimum Gasteiger partial charge on any atom is -0.497 e. The Kier molecular flexibility index (Phi) is 7.13. The Bertz CT molecular complexity index is 606. The largest absolute Gasteiger partial charge is 0.497 e. The van der Waals surface area contributed by atoms with E-state index in [2.05, 4.69) is 16.9 Å². The van der Waals surface area contributed by atoms with Crippen LogP contribution in [0.4, 0.5) is 0 Å². The van der Waals surface area contributed by atoms with E-state index in [0.29, 0.717) is 22.6 Å². The van der Waals surface area contributed by atoms with Gasteiger partial charge < -0.3 is 4.74 Å². The molecule has 0 fully saturated rings. The smallest absolute Gasteiger partial charge is 0.137 e. The number of hydrogen-bond donors (Lipinski definition) is 0. The van der Waals surface area contributed by atoms with Crippen molar-refractivity contribution in [2.75, 3.05) is 7.11 Å². The van der Waals surface area contributed by atoms with Crippen LogP contribution in [0.15, 0.2) is 24.3 Å². The highest BCUT2D eigenvalue weighted by atomic mass is 35.5. The summed E-state index contributed by atoms with van der Waals surface area (Å²) in [6, 6.07) is 7.99. The van der Waals surface area contributed by atoms with E-state index < -0.39 is 0 Å². The topological polar surface area (TPSA) is 35.0 Å². The van der Waals surface area contributed by atoms with Gasteiger partial charge in [0.1, 0.15) is 21.9 Å². The molecule has 124 valence electrons. The van der Waals surface area contributed by atoms with Crippen LogP contribution in [0, 0.1) is 0 Å². The molecule has 1 aromatic carbocycles. The van der Waals surface area contributed by atoms with Crippen LogP contribution in [0.3, 0.4) is 0 Å². The van der Waals surface area contributed by atoms with Crippen LogP contribution in [0.5, 0.6) is 5.75 Å². The fourth-order valence-corrected chi connectivity index (χ4v) is 3.00. The van der Waals surface area contributed by atoms with E-state index in [4.69, 9.17) is 27.9 Å². The summed E-state index contributed by atoms with van der Waals surface area (Å²) in [5, 5.41) is 0.983. The Labute approximate surface area is 148 Å². The molecule has 1 aromatic heterocycles. The van der Waals surface area contributed by atoms with Gasteiger partial charge in [0.15, 0.2) is 0 Å². The molecule has 5 heteroatoms. The van der Waals surface area contributed by atoms with Crippen LogP contribution >= 0.6 is 23.2 Å². The second kappa shape index (κ2) is 9.09. The molecule has 3 nitrogen and oxygen atoms in total. The molecule has 2 rings (SSSR count). The third kappa shape index (κ3) is 5.36. The second-order valence-electron chi connectivity index (χ2n) is 5.51. The van der Waals surface area contributed by atoms with Crippen molar-refractivity contribution in [3.8, 4) is 5.75 Å². The number of halogens is 2. The standard InChI is InChI=1S/C18H22Cl2N2O/c1-3-4-5-6-15-17(19)21-16(22-18(15)20)12-9-13-7-10-14(23-2)11-8-13/h7-8,10-11H,3-6,9,12H2,1-2H3. The number of hydrogen-bond acceptors (Lipinski definition) is 3. The quantitative estimate of drug-likeness (QED) is 0.476. The van der Waals surface area contributed by atoms with Crippen molar-refractivity contribution in [3.63, 3.8) is 0 Å². The highest BCUT2D eigenvalue weighted by molar-refractivity contribution is 6.34. The number of methoxy groups -OCH3 is 1. The molecule has 0 spiro atoms. The van der Waals surface area contributed by atoms with Gasteiger partial charge in [-0.1, -0.05) is 55.1 Å². The van der Waals surface area contributed by atoms with Gasteiger partial charge >= 0.3 is 0 Å². The molecule has 0 atom stereocenters. The number of nitrogens with zero attached hydrogens (tertiary/aromatic N) is 2. The highest BCUT2D eigenvalue weighted by Crippen LogP contribution is 2.24. The van der Waals surface area contributed by atoms with Crippen LogP contribution in [0.2, 0.25) is 10.3 Å². The average Bonchev–Trinajstić information content (AvgIpc) is 2.56. The highest BCUT2D eigenvalue weighted by Gasteiger charge is 2.11. The van der Waals surface area contributed by atoms with Gasteiger partial charge in [-0.25, -0.2) is 9.97 Å². The first-order valence-corrected chi connectivity index (χ1v) is 8.73. The number of rotatable bonds is 8. The number of ether oxygens (including phenoxy) is 1. The van der Waals surface area contributed by atoms with E-state index in [1.807, 2.05) is 24.3 Å². The van der Waals surface area contributed by atoms with Crippen LogP contribution in [-0.2, 0) is 19.3 Å². The van der Waals surface area contributed by atoms with Crippen molar-refractivity contribution < 1.29 is 4.74 Å². The molecule has 0 aliphatic rings. The minimum atomic E-state index is 0.492. The van der Waals surface area contributed by atoms with Gasteiger partial charge in [-0.2, -0.15) is 0 Å². The van der Waals surface area contributed by atoms with E-state index in [1.54, 1.807) is 7.11 Å². The zero-order valence-electron chi connectivity index (χ0n) is 13.6. The summed E-state index contributed by atoms with van der Waals surface area (Å²) in [7, 11) is 1.66. The molecule has 0 amide bonds. The summed E-state index contributed by atoms with van der Waals surface area (Å²) < 4.78 is 5.16. The van der Waals surface area contributed by atoms with Crippen molar-refractivity contribution in [1.29, 1.82) is 0 Å². The van der Waals surface area contributed by atoms with Crippen molar-refractivity contribution >= 4 is 23.2 Å². The molecular weight excluding hydrogens is 331 g/mol. The van der Waals surface area contributed by atoms with Crippen LogP contribution in [0.25, 0.3) is 0 Å². The SMILES string of the molecule is CCCCCc1c(Cl)nc(CCc2ccc(OC)cc2)nc1Cl. The Balaban J connectivity index is 1.99. The van der Waals surface area contributed by atoms with E-state index >= 15 is 0 Å². The predicted molar refractivity (Wildman–Crippen MR) is 95.7 cm³/mol. The zero-order chi connectivity index (χ0) is 16.7. The maximum Gasteiger partial charge on any atom is 0.137 e. The Hall–Kier alpha value is -1.32. The third-order valence-corrected chi connectivity index (χ3v) is 4.40. The molecule has 0 bridgehead atoms. The Morgan fingerprint density at radius 3 is 2.13 bits per heavy atom. The summed E-state index contributed by atoms with van der Waals surface area (Å²) in [4.78, 5) is 8.81. The lowest BCUT2D eigenvalue weighted by molar-refractivity contribution is 0.414. The van der Waals surface area contributed by atoms with Crippen molar-refractivity contribution in [3.05, 3.63) is 51.5 Å². The lowest BCUT2D eigenvalue weighted by Gasteiger charge is -2.08. The van der Waals surface area contributed by atoms with Crippen molar-refractivity contribution in [2.45, 2.75) is 45.4 Å². The molecule has 0 radical (unpaired) electrons. The summed E-state index contributed by atoms with van der Waals surface area (Å²) in [6.07, 6.45) is 5.77. The van der Waals surface area contributed by atoms with Gasteiger partial charge in [-0.05, 0) is 37.0 Å². The number of unbranched alkanes of at least 4 members (excludes halogenated alkanes) is 2. The monoisotopic (exact) mass is 352 g/mol. The number of aryl methyl sites for hydroxylation is 2. The van der Waals surface area contributed by atoms with Gasteiger partial charge in [0.05, 0.1) is 7.11 Å². The third-order valence-electron chi connectivity index (χ3n) is 3.78. The maximum atomic E-state index is 6.28. The maximum absolute atomic E-state index is 6.28. The second-order valence-corrected chi connectivity index (χ2v) is 6.22. The fourth-order valence-electron chi connectivity index (χ4n) is 2.39. The molecule has 0 aliphatic heterocycles. The minimum absolute atomic E-state index is 0.492. The Morgan fingerprint density at radius 2 is 1.57 bits per heavy atom. The first-order valence-electron chi connectivity index (χ1n) is 7.97. The Morgan fingerprint density at radius 1 is 0.913 bits per heavy atom. The van der Waals surface area contributed by atoms with Gasteiger partial charge in [0.25, 0.3) is 0 Å². The van der Waals surface area contributed by atoms with Crippen molar-refractivity contribution in [2.24, 2.45) is 0 Å². The zero-order valence-corrected chi connectivity index (χ0v) is 15.1. The molecule has 0 aliphatic carbocycles. The fraction of sp³-hybridized carbons (Fsp3) is 0.444. The molecule has 0 unspecified atom stereocenters. The average molecular weight is 353 g/mol. The van der Waals surface area contributed by atoms with Crippen LogP contribution < -0.4 is 4.74 Å². The molecule has 0 N–H and O–H groups in total. The molecule has 2 aromatic rings. The molecule has 1 heterocycles. The summed E-state index contributed by atoms with van der Waals surface area (Å²) >= 11 is 12.6. The molecular formula is C18H22Cl2N2O. The first-order chi connectivity index (χ1) is 11.1. The first kappa shape index (κ1) is 18.0. The van der Waals surface area contributed by atoms with Gasteiger partial charge in [-0.3, -0.25) is 0 Å². The molecule has 23 heavy (non-hydrogen) atoms. The van der Waals surface area contributed by atoms with Gasteiger partial charge in [0.2, 0.25) is 0 Å². The normalized spacial score (nSPS) is 10.8. The van der Waals surface area contributed by atoms with E-state index in [-0.39, 0.29) is 0 Å². The lowest BCUT2D eigenvalue weighted by atomic mass is 10.1. The summed E-state index contributed by atoms with van der Waals surface area (Å²) in [6.45, 7) is 2.17. The summed E-state index contributed by atoms with van der Waals surface area (Å²) in [5.74, 6) is 1.54. The van der Waals surface area contributed by atoms with Crippen molar-refractivity contribution in [1.82, 2.24) is 9.97 Å². The van der Waals surface area contributed by atoms with Gasteiger partial charge in [-0.15, -0.1) is 0 Å². The van der Waals surface area contributed by atoms with Crippen LogP contribution in [0.1, 0.15) is 43.1 Å². The lowest BCUT2D eigenvalue weighted by Crippen LogP contribution is -2.03.